The molecule has 2 heteroatoms. The van der Waals surface area contributed by atoms with Crippen LogP contribution in [0.3, 0.4) is 0 Å². The third-order valence-electron chi connectivity index (χ3n) is 3.17. The van der Waals surface area contributed by atoms with Crippen LogP contribution in [0.1, 0.15) is 11.1 Å². The summed E-state index contributed by atoms with van der Waals surface area (Å²) in [6, 6.07) is 18.8. The quantitative estimate of drug-likeness (QED) is 0.745. The first-order valence-corrected chi connectivity index (χ1v) is 6.31. The minimum atomic E-state index is 0.703. The number of hydrogen-bond donors (Lipinski definition) is 0. The maximum atomic E-state index is 5.81. The van der Waals surface area contributed by atoms with Crippen LogP contribution in [0.25, 0.3) is 0 Å². The molecule has 0 bridgehead atoms. The molecule has 1 aliphatic heterocycles. The second-order valence-electron chi connectivity index (χ2n) is 4.41. The highest BCUT2D eigenvalue weighted by Crippen LogP contribution is 2.23. The zero-order valence-electron chi connectivity index (χ0n) is 10.3. The number of para-hydroxylation sites is 1. The van der Waals surface area contributed by atoms with Gasteiger partial charge >= 0.3 is 0 Å². The molecule has 0 aromatic heterocycles. The molecule has 2 nitrogen and oxygen atoms in total. The van der Waals surface area contributed by atoms with E-state index in [9.17, 15) is 0 Å². The third-order valence-corrected chi connectivity index (χ3v) is 3.17. The molecule has 3 rings (SSSR count). The fraction of sp³-hybridized carbons (Fsp3) is 0.188. The van der Waals surface area contributed by atoms with Gasteiger partial charge in [0.25, 0.3) is 5.69 Å². The summed E-state index contributed by atoms with van der Waals surface area (Å²) in [6.45, 7) is 0.703. The predicted octanol–water partition coefficient (Wildman–Crippen LogP) is 3.13. The summed E-state index contributed by atoms with van der Waals surface area (Å²) in [4.78, 5) is 5.81. The van der Waals surface area contributed by atoms with Crippen LogP contribution in [0.2, 0.25) is 0 Å². The Kier molecular flexibility index (Phi) is 3.09. The van der Waals surface area contributed by atoms with Crippen LogP contribution in [0.15, 0.2) is 54.6 Å². The Morgan fingerprint density at radius 1 is 0.944 bits per heavy atom. The highest BCUT2D eigenvalue weighted by atomic mass is 16.7. The lowest BCUT2D eigenvalue weighted by Gasteiger charge is -2.01. The summed E-state index contributed by atoms with van der Waals surface area (Å²) in [6.07, 6.45) is 3.99. The van der Waals surface area contributed by atoms with E-state index in [-0.39, 0.29) is 0 Å². The Morgan fingerprint density at radius 2 is 1.72 bits per heavy atom. The molecule has 0 atom stereocenters. The number of hydrogen-bond acceptors (Lipinski definition) is 1. The summed E-state index contributed by atoms with van der Waals surface area (Å²) in [5.41, 5.74) is 3.81. The molecular weight excluding hydrogens is 222 g/mol. The van der Waals surface area contributed by atoms with E-state index < -0.39 is 0 Å². The highest BCUT2D eigenvalue weighted by Gasteiger charge is 2.22. The van der Waals surface area contributed by atoms with E-state index in [1.165, 1.54) is 16.8 Å². The fourth-order valence-electron chi connectivity index (χ4n) is 2.21. The standard InChI is InChI=1S/C16H16NO/c1-2-6-14(7-3-1)11-13-18-17-12-10-15-8-4-5-9-16(15)17/h1-9,12H,10-11,13H2/q+1. The van der Waals surface area contributed by atoms with Crippen molar-refractivity contribution in [2.45, 2.75) is 12.8 Å². The van der Waals surface area contributed by atoms with Gasteiger partial charge in [-0.05, 0) is 5.56 Å². The van der Waals surface area contributed by atoms with Gasteiger partial charge in [-0.15, -0.1) is 0 Å². The summed E-state index contributed by atoms with van der Waals surface area (Å²) in [5.74, 6) is 0. The van der Waals surface area contributed by atoms with E-state index in [0.29, 0.717) is 6.61 Å². The second kappa shape index (κ2) is 5.05. The van der Waals surface area contributed by atoms with E-state index in [1.807, 2.05) is 16.9 Å². The molecule has 0 N–H and O–H groups in total. The molecule has 0 saturated carbocycles. The maximum absolute atomic E-state index is 5.81. The number of benzene rings is 2. The molecule has 0 spiro atoms. The molecular formula is C16H16NO+. The predicted molar refractivity (Wildman–Crippen MR) is 72.2 cm³/mol. The summed E-state index contributed by atoms with van der Waals surface area (Å²) in [5, 5.41) is 0. The molecule has 2 aromatic carbocycles. The topological polar surface area (TPSA) is 12.2 Å². The Bertz CT molecular complexity index is 560. The maximum Gasteiger partial charge on any atom is 0.260 e. The monoisotopic (exact) mass is 238 g/mol. The average molecular weight is 238 g/mol. The smallest absolute Gasteiger partial charge is 0.260 e. The van der Waals surface area contributed by atoms with Gasteiger partial charge in [0.1, 0.15) is 0 Å². The van der Waals surface area contributed by atoms with Crippen LogP contribution in [0, 0.1) is 0 Å². The van der Waals surface area contributed by atoms with Crippen molar-refractivity contribution < 1.29 is 9.58 Å². The third kappa shape index (κ3) is 2.28. The van der Waals surface area contributed by atoms with Crippen molar-refractivity contribution in [1.82, 2.24) is 0 Å². The Labute approximate surface area is 107 Å². The zero-order valence-corrected chi connectivity index (χ0v) is 10.3. The molecule has 0 radical (unpaired) electrons. The Morgan fingerprint density at radius 3 is 2.61 bits per heavy atom. The lowest BCUT2D eigenvalue weighted by Crippen LogP contribution is -2.08. The molecule has 1 heterocycles. The largest absolute Gasteiger partial charge is 0.271 e. The van der Waals surface area contributed by atoms with E-state index in [2.05, 4.69) is 48.7 Å². The van der Waals surface area contributed by atoms with Gasteiger partial charge < -0.3 is 0 Å². The first kappa shape index (κ1) is 11.0. The van der Waals surface area contributed by atoms with Gasteiger partial charge in [0, 0.05) is 22.8 Å². The van der Waals surface area contributed by atoms with Gasteiger partial charge in [-0.3, -0.25) is 4.84 Å². The van der Waals surface area contributed by atoms with Crippen LogP contribution in [-0.4, -0.2) is 17.6 Å². The first-order valence-electron chi connectivity index (χ1n) is 6.31. The van der Waals surface area contributed by atoms with Gasteiger partial charge in [-0.1, -0.05) is 48.5 Å². The van der Waals surface area contributed by atoms with Crippen LogP contribution in [0.4, 0.5) is 5.69 Å². The van der Waals surface area contributed by atoms with Crippen LogP contribution in [0.5, 0.6) is 0 Å². The van der Waals surface area contributed by atoms with E-state index in [1.54, 1.807) is 0 Å². The molecule has 0 saturated heterocycles. The lowest BCUT2D eigenvalue weighted by atomic mass is 10.2. The van der Waals surface area contributed by atoms with Crippen molar-refractivity contribution in [3.8, 4) is 0 Å². The van der Waals surface area contributed by atoms with Gasteiger partial charge in [-0.2, -0.15) is 0 Å². The minimum Gasteiger partial charge on any atom is -0.271 e. The van der Waals surface area contributed by atoms with Gasteiger partial charge in [-0.25, -0.2) is 0 Å². The zero-order chi connectivity index (χ0) is 12.2. The van der Waals surface area contributed by atoms with Crippen molar-refractivity contribution in [3.05, 3.63) is 65.7 Å². The summed E-state index contributed by atoms with van der Waals surface area (Å²) < 4.78 is 1.90. The van der Waals surface area contributed by atoms with Crippen LogP contribution in [-0.2, 0) is 17.7 Å². The molecule has 1 aliphatic rings. The Balaban J connectivity index is 1.59. The van der Waals surface area contributed by atoms with Crippen molar-refractivity contribution in [3.63, 3.8) is 0 Å². The highest BCUT2D eigenvalue weighted by molar-refractivity contribution is 5.66. The van der Waals surface area contributed by atoms with E-state index in [0.717, 1.165) is 12.8 Å². The number of nitrogens with zero attached hydrogens (tertiary/aromatic N) is 1. The van der Waals surface area contributed by atoms with Gasteiger partial charge in [0.15, 0.2) is 6.61 Å². The second-order valence-corrected chi connectivity index (χ2v) is 4.41. The molecule has 0 aliphatic carbocycles. The van der Waals surface area contributed by atoms with Crippen molar-refractivity contribution in [2.24, 2.45) is 0 Å². The molecule has 90 valence electrons. The van der Waals surface area contributed by atoms with E-state index in [4.69, 9.17) is 4.84 Å². The fourth-order valence-corrected chi connectivity index (χ4v) is 2.21. The van der Waals surface area contributed by atoms with E-state index >= 15 is 0 Å². The molecule has 18 heavy (non-hydrogen) atoms. The van der Waals surface area contributed by atoms with Crippen LogP contribution >= 0.6 is 0 Å². The molecule has 0 amide bonds. The van der Waals surface area contributed by atoms with Crippen molar-refractivity contribution >= 4 is 11.9 Å². The normalized spacial score (nSPS) is 13.0. The minimum absolute atomic E-state index is 0.703. The van der Waals surface area contributed by atoms with Crippen molar-refractivity contribution in [1.29, 1.82) is 0 Å². The number of rotatable bonds is 4. The lowest BCUT2D eigenvalue weighted by molar-refractivity contribution is -0.724. The molecule has 2 aromatic rings. The molecule has 0 fully saturated rings. The Hall–Kier alpha value is -2.09. The first-order chi connectivity index (χ1) is 8.93. The van der Waals surface area contributed by atoms with Gasteiger partial charge in [0.05, 0.1) is 6.42 Å². The summed E-state index contributed by atoms with van der Waals surface area (Å²) in [7, 11) is 0. The van der Waals surface area contributed by atoms with Crippen LogP contribution < -0.4 is 0 Å². The molecule has 0 unspecified atom stereocenters. The summed E-state index contributed by atoms with van der Waals surface area (Å²) >= 11 is 0. The number of fused-ring (bicyclic) bond motifs is 1. The SMILES string of the molecule is C1=[N+](OCCc2ccccc2)c2ccccc2C1. The van der Waals surface area contributed by atoms with Gasteiger partial charge in [0.2, 0.25) is 6.21 Å². The van der Waals surface area contributed by atoms with Crippen molar-refractivity contribution in [2.75, 3.05) is 6.61 Å². The average Bonchev–Trinajstić information content (AvgIpc) is 2.84.